The maximum absolute atomic E-state index is 12.8. The summed E-state index contributed by atoms with van der Waals surface area (Å²) >= 11 is 0. The fourth-order valence-electron chi connectivity index (χ4n) is 4.35. The van der Waals surface area contributed by atoms with Gasteiger partial charge in [0, 0.05) is 74.0 Å². The molecule has 1 saturated heterocycles. The number of hydrogen-bond donors (Lipinski definition) is 2. The number of carbonyl (C=O) groups excluding carboxylic acids is 1. The molecule has 3 heterocycles. The maximum Gasteiger partial charge on any atom is 0.321 e. The molecule has 1 fully saturated rings. The van der Waals surface area contributed by atoms with Crippen molar-refractivity contribution in [2.45, 2.75) is 0 Å². The number of aryl methyl sites for hydroxylation is 2. The molecule has 0 saturated carbocycles. The van der Waals surface area contributed by atoms with E-state index in [1.54, 1.807) is 0 Å². The Bertz CT molecular complexity index is 1420. The number of benzene rings is 2. The number of piperazine rings is 1. The van der Waals surface area contributed by atoms with E-state index in [0.29, 0.717) is 18.8 Å². The number of urea groups is 1. The van der Waals surface area contributed by atoms with Crippen molar-refractivity contribution in [3.8, 4) is 0 Å². The van der Waals surface area contributed by atoms with Crippen LogP contribution in [0.3, 0.4) is 0 Å². The van der Waals surface area contributed by atoms with Crippen molar-refractivity contribution in [1.82, 2.24) is 9.47 Å². The van der Waals surface area contributed by atoms with Gasteiger partial charge in [-0.3, -0.25) is 0 Å². The molecule has 0 spiro atoms. The lowest BCUT2D eigenvalue weighted by atomic mass is 10.2. The molecule has 8 nitrogen and oxygen atoms in total. The number of rotatable bonds is 3. The van der Waals surface area contributed by atoms with Crippen LogP contribution in [-0.2, 0) is 14.1 Å². The van der Waals surface area contributed by atoms with Crippen LogP contribution in [-0.4, -0.2) is 41.7 Å². The molecular weight excluding hydrogens is 438 g/mol. The zero-order chi connectivity index (χ0) is 24.4. The zero-order valence-electron chi connectivity index (χ0n) is 20.1. The number of nitrogens with two attached hydrogens (primary N) is 1. The Morgan fingerprint density at radius 1 is 0.971 bits per heavy atom. The Morgan fingerprint density at radius 3 is 2.40 bits per heavy atom. The Balaban J connectivity index is 1.24. The van der Waals surface area contributed by atoms with Crippen LogP contribution in [0, 0.1) is 0 Å². The highest BCUT2D eigenvalue weighted by Gasteiger charge is 2.21. The third-order valence-electron chi connectivity index (χ3n) is 6.39. The van der Waals surface area contributed by atoms with Gasteiger partial charge in [0.15, 0.2) is 12.4 Å². The van der Waals surface area contributed by atoms with E-state index in [9.17, 15) is 4.79 Å². The fraction of sp³-hybridized carbons (Fsp3) is 0.222. The summed E-state index contributed by atoms with van der Waals surface area (Å²) in [6.45, 7) is 2.99. The molecule has 5 rings (SSSR count). The van der Waals surface area contributed by atoms with Crippen molar-refractivity contribution in [1.29, 1.82) is 0 Å². The van der Waals surface area contributed by atoms with Crippen molar-refractivity contribution >= 4 is 39.7 Å². The first-order valence-corrected chi connectivity index (χ1v) is 11.7. The molecule has 1 aliphatic heterocycles. The highest BCUT2D eigenvalue weighted by atomic mass is 16.2. The largest absolute Gasteiger partial charge is 0.399 e. The molecule has 1 aliphatic rings. The topological polar surface area (TPSA) is 82.8 Å². The first-order valence-electron chi connectivity index (χ1n) is 11.7. The molecule has 2 amide bonds. The van der Waals surface area contributed by atoms with E-state index in [2.05, 4.69) is 22.3 Å². The minimum Gasteiger partial charge on any atom is -0.399 e. The van der Waals surface area contributed by atoms with Crippen molar-refractivity contribution in [2.24, 2.45) is 19.1 Å². The lowest BCUT2D eigenvalue weighted by Crippen LogP contribution is -2.50. The van der Waals surface area contributed by atoms with Crippen molar-refractivity contribution < 1.29 is 9.36 Å². The summed E-state index contributed by atoms with van der Waals surface area (Å²) in [4.78, 5) is 21.8. The second-order valence-corrected chi connectivity index (χ2v) is 8.87. The zero-order valence-corrected chi connectivity index (χ0v) is 20.1. The van der Waals surface area contributed by atoms with Gasteiger partial charge >= 0.3 is 6.03 Å². The fourth-order valence-corrected chi connectivity index (χ4v) is 4.35. The molecule has 0 unspecified atom stereocenters. The quantitative estimate of drug-likeness (QED) is 0.358. The molecule has 0 bridgehead atoms. The molecule has 0 atom stereocenters. The second-order valence-electron chi connectivity index (χ2n) is 8.87. The van der Waals surface area contributed by atoms with Gasteiger partial charge in [0.2, 0.25) is 0 Å². The van der Waals surface area contributed by atoms with E-state index >= 15 is 0 Å². The molecule has 2 aromatic heterocycles. The van der Waals surface area contributed by atoms with Crippen LogP contribution in [0.5, 0.6) is 0 Å². The lowest BCUT2D eigenvalue weighted by Gasteiger charge is -2.35. The average molecular weight is 469 g/mol. The van der Waals surface area contributed by atoms with Crippen LogP contribution in [0.1, 0.15) is 0 Å². The van der Waals surface area contributed by atoms with E-state index in [0.717, 1.165) is 40.7 Å². The number of aromatic nitrogens is 2. The summed E-state index contributed by atoms with van der Waals surface area (Å²) in [7, 11) is 4.01. The summed E-state index contributed by atoms with van der Waals surface area (Å²) < 4.78 is 4.07. The van der Waals surface area contributed by atoms with Crippen molar-refractivity contribution in [2.75, 3.05) is 42.1 Å². The number of anilines is 3. The van der Waals surface area contributed by atoms with Gasteiger partial charge in [-0.1, -0.05) is 0 Å². The highest BCUT2D eigenvalue weighted by molar-refractivity contribution is 5.89. The van der Waals surface area contributed by atoms with Gasteiger partial charge in [0.1, 0.15) is 7.05 Å². The molecule has 4 aromatic rings. The Kier molecular flexibility index (Phi) is 6.10. The van der Waals surface area contributed by atoms with E-state index in [-0.39, 0.29) is 6.03 Å². The minimum atomic E-state index is -0.0779. The summed E-state index contributed by atoms with van der Waals surface area (Å²) in [6.07, 6.45) is 6.07. The number of nitrogen functional groups attached to an aromatic ring is 1. The minimum absolute atomic E-state index is 0.0779. The summed E-state index contributed by atoms with van der Waals surface area (Å²) in [5, 5.41) is 4.86. The SMILES string of the molecule is Cn1ccc(=Nc2ccc(NC(=O)N3CCN(c4cc[n+](C)cc4)CC3)cc2)c2cc(N)ccc21. The van der Waals surface area contributed by atoms with Crippen LogP contribution in [0.4, 0.5) is 27.5 Å². The van der Waals surface area contributed by atoms with Crippen LogP contribution in [0.15, 0.2) is 84.2 Å². The molecule has 8 heteroatoms. The van der Waals surface area contributed by atoms with Gasteiger partial charge in [-0.05, 0) is 48.5 Å². The van der Waals surface area contributed by atoms with E-state index in [1.807, 2.05) is 95.3 Å². The van der Waals surface area contributed by atoms with Crippen molar-refractivity contribution in [3.63, 3.8) is 0 Å². The first kappa shape index (κ1) is 22.5. The number of carbonyl (C=O) groups is 1. The summed E-state index contributed by atoms with van der Waals surface area (Å²) in [6, 6.07) is 19.5. The van der Waals surface area contributed by atoms with E-state index < -0.39 is 0 Å². The Morgan fingerprint density at radius 2 is 1.69 bits per heavy atom. The maximum atomic E-state index is 12.8. The second kappa shape index (κ2) is 9.50. The predicted octanol–water partition coefficient (Wildman–Crippen LogP) is 3.17. The standard InChI is InChI=1S/C27H29N7O/c1-31-12-9-23(10-13-31)33-15-17-34(18-16-33)27(35)30-22-6-4-21(5-7-22)29-25-11-14-32(2)26-8-3-20(28)19-24(25)26/h3-14,19H,15-18,28H2,1-2H3/p+1. The predicted molar refractivity (Wildman–Crippen MR) is 139 cm³/mol. The number of nitrogens with zero attached hydrogens (tertiary/aromatic N) is 5. The highest BCUT2D eigenvalue weighted by Crippen LogP contribution is 2.19. The van der Waals surface area contributed by atoms with Gasteiger partial charge in [-0.2, -0.15) is 0 Å². The molecule has 0 radical (unpaired) electrons. The number of pyridine rings is 2. The number of hydrogen-bond acceptors (Lipinski definition) is 4. The van der Waals surface area contributed by atoms with Gasteiger partial charge in [0.05, 0.1) is 16.6 Å². The first-order chi connectivity index (χ1) is 17.0. The van der Waals surface area contributed by atoms with E-state index in [4.69, 9.17) is 10.7 Å². The number of nitrogens with one attached hydrogen (secondary N) is 1. The monoisotopic (exact) mass is 468 g/mol. The number of fused-ring (bicyclic) bond motifs is 1. The molecule has 0 aliphatic carbocycles. The van der Waals surface area contributed by atoms with Crippen LogP contribution in [0.2, 0.25) is 0 Å². The Hall–Kier alpha value is -4.33. The van der Waals surface area contributed by atoms with Gasteiger partial charge in [-0.25, -0.2) is 14.4 Å². The number of amides is 2. The molecule has 35 heavy (non-hydrogen) atoms. The third kappa shape index (κ3) is 4.96. The smallest absolute Gasteiger partial charge is 0.321 e. The van der Waals surface area contributed by atoms with Crippen LogP contribution >= 0.6 is 0 Å². The molecular formula is C27H30N7O+. The molecule has 3 N–H and O–H groups in total. The van der Waals surface area contributed by atoms with Gasteiger partial charge < -0.3 is 25.4 Å². The average Bonchev–Trinajstić information content (AvgIpc) is 2.87. The lowest BCUT2D eigenvalue weighted by molar-refractivity contribution is -0.671. The van der Waals surface area contributed by atoms with Crippen LogP contribution in [0.25, 0.3) is 10.9 Å². The molecule has 178 valence electrons. The third-order valence-corrected chi connectivity index (χ3v) is 6.39. The summed E-state index contributed by atoms with van der Waals surface area (Å²) in [5.74, 6) is 0. The van der Waals surface area contributed by atoms with Crippen LogP contribution < -0.4 is 25.9 Å². The van der Waals surface area contributed by atoms with Gasteiger partial charge in [-0.15, -0.1) is 0 Å². The van der Waals surface area contributed by atoms with Crippen molar-refractivity contribution in [3.05, 3.63) is 84.6 Å². The normalized spacial score (nSPS) is 14.4. The van der Waals surface area contributed by atoms with E-state index in [1.165, 1.54) is 5.69 Å². The molecule has 2 aromatic carbocycles. The van der Waals surface area contributed by atoms with Gasteiger partial charge in [0.25, 0.3) is 0 Å². The summed E-state index contributed by atoms with van der Waals surface area (Å²) in [5.41, 5.74) is 10.5. The Labute approximate surface area is 204 Å².